The molecule has 0 N–H and O–H groups in total. The molecule has 0 radical (unpaired) electrons. The number of halogens is 6. The van der Waals surface area contributed by atoms with Crippen LogP contribution in [-0.2, 0) is 4.79 Å². The number of Topliss-reactive ketones (excluding diaryl/α,β-unsaturated/α-hetero) is 1. The van der Waals surface area contributed by atoms with Gasteiger partial charge >= 0.3 is 0 Å². The fourth-order valence-electron chi connectivity index (χ4n) is 2.83. The third-order valence-corrected chi connectivity index (χ3v) is 4.18. The molecule has 0 aliphatic heterocycles. The topological polar surface area (TPSA) is 103 Å². The number of hydrogen-bond donors (Lipinski definition) is 0. The van der Waals surface area contributed by atoms with Gasteiger partial charge in [0.05, 0.1) is 0 Å². The normalized spacial score (nSPS) is 13.0. The van der Waals surface area contributed by atoms with Crippen LogP contribution in [0.5, 0.6) is 0 Å². The third-order valence-electron chi connectivity index (χ3n) is 4.18. The maximum absolute atomic E-state index is 14.1. The number of nitrogens with zero attached hydrogens (tertiary/aromatic N) is 2. The Morgan fingerprint density at radius 3 is 1.27 bits per heavy atom. The lowest BCUT2D eigenvalue weighted by Crippen LogP contribution is -2.31. The van der Waals surface area contributed by atoms with E-state index in [1.165, 1.54) is 0 Å². The van der Waals surface area contributed by atoms with E-state index in [2.05, 4.69) is 0 Å². The molecule has 0 amide bonds. The fraction of sp³-hybridized carbons (Fsp3) is 0.235. The summed E-state index contributed by atoms with van der Waals surface area (Å²) in [6.07, 6.45) is 0. The number of benzene rings is 2. The van der Waals surface area contributed by atoms with Gasteiger partial charge in [0.25, 0.3) is 0 Å². The van der Waals surface area contributed by atoms with E-state index in [-0.39, 0.29) is 24.3 Å². The maximum Gasteiger partial charge on any atom is 0.217 e. The Labute approximate surface area is 163 Å². The molecule has 2 rings (SSSR count). The molecule has 2 aromatic carbocycles. The summed E-state index contributed by atoms with van der Waals surface area (Å²) in [6, 6.07) is 0.320. The summed E-state index contributed by atoms with van der Waals surface area (Å²) >= 11 is 0. The molecule has 0 aromatic heterocycles. The van der Waals surface area contributed by atoms with Crippen molar-refractivity contribution in [1.82, 2.24) is 0 Å². The average Bonchev–Trinajstić information content (AvgIpc) is 2.63. The molecule has 160 valence electrons. The Kier molecular flexibility index (Phi) is 6.74. The highest BCUT2D eigenvalue weighted by atomic mass is 19.2. The second-order valence-electron chi connectivity index (χ2n) is 6.11. The van der Waals surface area contributed by atoms with Crippen molar-refractivity contribution >= 4 is 5.78 Å². The number of carbonyl (C=O) groups excluding carboxylic acids is 1. The number of hydrogen-bond acceptors (Lipinski definition) is 5. The second kappa shape index (κ2) is 8.88. The summed E-state index contributed by atoms with van der Waals surface area (Å²) in [4.78, 5) is 32.5. The van der Waals surface area contributed by atoms with Gasteiger partial charge in [-0.1, -0.05) is 0 Å². The van der Waals surface area contributed by atoms with E-state index >= 15 is 0 Å². The zero-order valence-corrected chi connectivity index (χ0v) is 14.6. The SMILES string of the molecule is O=C(C(C[N+](=O)[O-])c1cc(F)c(F)cc1F)C(C[N+](=O)[O-])c1cc(F)c(F)cc1F. The minimum atomic E-state index is -2.22. The lowest BCUT2D eigenvalue weighted by atomic mass is 9.83. The molecule has 30 heavy (non-hydrogen) atoms. The molecule has 0 fully saturated rings. The second-order valence-corrected chi connectivity index (χ2v) is 6.11. The van der Waals surface area contributed by atoms with Crippen molar-refractivity contribution in [2.75, 3.05) is 13.1 Å². The Hall–Kier alpha value is -3.51. The van der Waals surface area contributed by atoms with Crippen LogP contribution in [0.15, 0.2) is 24.3 Å². The molecule has 7 nitrogen and oxygen atoms in total. The van der Waals surface area contributed by atoms with E-state index in [0.29, 0.717) is 0 Å². The molecule has 0 heterocycles. The Bertz CT molecular complexity index is 953. The Balaban J connectivity index is 2.64. The Morgan fingerprint density at radius 2 is 0.967 bits per heavy atom. The predicted octanol–water partition coefficient (Wildman–Crippen LogP) is 3.51. The van der Waals surface area contributed by atoms with Crippen molar-refractivity contribution in [3.05, 3.63) is 90.5 Å². The predicted molar refractivity (Wildman–Crippen MR) is 86.8 cm³/mol. The smallest absolute Gasteiger partial charge is 0.217 e. The van der Waals surface area contributed by atoms with Gasteiger partial charge in [0.2, 0.25) is 13.1 Å². The lowest BCUT2D eigenvalue weighted by Gasteiger charge is -2.19. The zero-order chi connectivity index (χ0) is 22.7. The monoisotopic (exact) mass is 436 g/mol. The van der Waals surface area contributed by atoms with Crippen molar-refractivity contribution in [3.8, 4) is 0 Å². The van der Waals surface area contributed by atoms with Gasteiger partial charge in [0, 0.05) is 33.1 Å². The molecule has 2 aromatic rings. The van der Waals surface area contributed by atoms with Crippen molar-refractivity contribution in [2.45, 2.75) is 11.8 Å². The van der Waals surface area contributed by atoms with Crippen LogP contribution >= 0.6 is 0 Å². The largest absolute Gasteiger partial charge is 0.298 e. The number of ketones is 1. The van der Waals surface area contributed by atoms with E-state index in [0.717, 1.165) is 0 Å². The first-order valence-electron chi connectivity index (χ1n) is 7.98. The van der Waals surface area contributed by atoms with Crippen molar-refractivity contribution in [3.63, 3.8) is 0 Å². The van der Waals surface area contributed by atoms with Gasteiger partial charge < -0.3 is 0 Å². The molecule has 13 heteroatoms. The van der Waals surface area contributed by atoms with E-state index in [1.807, 2.05) is 0 Å². The number of rotatable bonds is 8. The van der Waals surface area contributed by atoms with Crippen LogP contribution in [0.1, 0.15) is 23.0 Å². The van der Waals surface area contributed by atoms with Gasteiger partial charge in [-0.2, -0.15) is 0 Å². The van der Waals surface area contributed by atoms with Crippen LogP contribution in [0.2, 0.25) is 0 Å². The standard InChI is InChI=1S/C17H10F6N2O5/c18-11-3-15(22)13(20)1-7(11)9(5-24(27)28)17(26)10(6-25(29)30)8-2-14(21)16(23)4-12(8)19/h1-4,9-10H,5-6H2. The zero-order valence-electron chi connectivity index (χ0n) is 14.6. The lowest BCUT2D eigenvalue weighted by molar-refractivity contribution is -0.484. The van der Waals surface area contributed by atoms with E-state index in [1.54, 1.807) is 0 Å². The van der Waals surface area contributed by atoms with Gasteiger partial charge in [-0.05, 0) is 12.1 Å². The highest BCUT2D eigenvalue weighted by Crippen LogP contribution is 2.32. The van der Waals surface area contributed by atoms with Crippen molar-refractivity contribution in [1.29, 1.82) is 0 Å². The first-order valence-corrected chi connectivity index (χ1v) is 7.98. The van der Waals surface area contributed by atoms with Crippen LogP contribution in [0, 0.1) is 55.1 Å². The highest BCUT2D eigenvalue weighted by Gasteiger charge is 2.39. The van der Waals surface area contributed by atoms with E-state index < -0.39 is 86.6 Å². The summed E-state index contributed by atoms with van der Waals surface area (Å²) in [5.74, 6) is -15.8. The van der Waals surface area contributed by atoms with Crippen LogP contribution in [-0.4, -0.2) is 28.7 Å². The summed E-state index contributed by atoms with van der Waals surface area (Å²) in [5.41, 5.74) is -2.01. The minimum Gasteiger partial charge on any atom is -0.298 e. The van der Waals surface area contributed by atoms with Crippen LogP contribution in [0.25, 0.3) is 0 Å². The highest BCUT2D eigenvalue weighted by molar-refractivity contribution is 5.92. The van der Waals surface area contributed by atoms with Crippen LogP contribution < -0.4 is 0 Å². The first kappa shape index (κ1) is 22.8. The minimum absolute atomic E-state index is 0.00550. The number of carbonyl (C=O) groups is 1. The fourth-order valence-corrected chi connectivity index (χ4v) is 2.83. The first-order chi connectivity index (χ1) is 13.9. The molecule has 2 unspecified atom stereocenters. The molecule has 0 bridgehead atoms. The molecular formula is C17H10F6N2O5. The average molecular weight is 436 g/mol. The van der Waals surface area contributed by atoms with Crippen molar-refractivity contribution in [2.24, 2.45) is 0 Å². The third kappa shape index (κ3) is 4.90. The van der Waals surface area contributed by atoms with Crippen LogP contribution in [0.3, 0.4) is 0 Å². The van der Waals surface area contributed by atoms with Gasteiger partial charge in [0.1, 0.15) is 23.5 Å². The molecule has 0 saturated heterocycles. The van der Waals surface area contributed by atoms with Crippen LogP contribution in [0.4, 0.5) is 26.3 Å². The van der Waals surface area contributed by atoms with Gasteiger partial charge in [-0.25, -0.2) is 26.3 Å². The molecule has 0 spiro atoms. The molecule has 2 atom stereocenters. The van der Waals surface area contributed by atoms with E-state index in [4.69, 9.17) is 0 Å². The summed E-state index contributed by atoms with van der Waals surface area (Å²) in [6.45, 7) is -2.83. The summed E-state index contributed by atoms with van der Waals surface area (Å²) in [5, 5.41) is 21.9. The van der Waals surface area contributed by atoms with Gasteiger partial charge in [-0.15, -0.1) is 0 Å². The van der Waals surface area contributed by atoms with E-state index in [9.17, 15) is 51.4 Å². The number of nitro groups is 2. The molecule has 0 saturated carbocycles. The van der Waals surface area contributed by atoms with Crippen molar-refractivity contribution < 1.29 is 41.0 Å². The summed E-state index contributed by atoms with van der Waals surface area (Å²) in [7, 11) is 0. The quantitative estimate of drug-likeness (QED) is 0.273. The maximum atomic E-state index is 14.1. The molecule has 0 aliphatic carbocycles. The molecule has 0 aliphatic rings. The Morgan fingerprint density at radius 1 is 0.667 bits per heavy atom. The summed E-state index contributed by atoms with van der Waals surface area (Å²) < 4.78 is 81.6. The van der Waals surface area contributed by atoms with Gasteiger partial charge in [-0.3, -0.25) is 25.0 Å². The van der Waals surface area contributed by atoms with Gasteiger partial charge in [0.15, 0.2) is 29.1 Å². The molecular weight excluding hydrogens is 426 g/mol.